The van der Waals surface area contributed by atoms with Crippen LogP contribution in [0.25, 0.3) is 11.4 Å². The molecule has 0 amide bonds. The third-order valence-electron chi connectivity index (χ3n) is 2.18. The highest BCUT2D eigenvalue weighted by Crippen LogP contribution is 2.37. The van der Waals surface area contributed by atoms with Crippen LogP contribution in [0.5, 0.6) is 0 Å². The van der Waals surface area contributed by atoms with Gasteiger partial charge in [0.1, 0.15) is 10.7 Å². The van der Waals surface area contributed by atoms with E-state index in [2.05, 4.69) is 10.1 Å². The minimum absolute atomic E-state index is 0.575. The number of aryl methyl sites for hydroxylation is 1. The monoisotopic (exact) mass is 241 g/mol. The molecule has 0 spiro atoms. The Bertz CT molecular complexity index is 517. The van der Waals surface area contributed by atoms with Gasteiger partial charge in [-0.2, -0.15) is 5.10 Å². The molecule has 0 radical (unpaired) electrons. The lowest BCUT2D eigenvalue weighted by Crippen LogP contribution is -1.95. The molecule has 0 bridgehead atoms. The van der Waals surface area contributed by atoms with Crippen LogP contribution in [-0.2, 0) is 7.05 Å². The number of nitrogens with zero attached hydrogens (tertiary/aromatic N) is 3. The van der Waals surface area contributed by atoms with E-state index in [0.29, 0.717) is 15.0 Å². The van der Waals surface area contributed by atoms with Gasteiger partial charge in [0, 0.05) is 7.05 Å². The smallest absolute Gasteiger partial charge is 0.160 e. The van der Waals surface area contributed by atoms with E-state index in [1.165, 1.54) is 17.7 Å². The summed E-state index contributed by atoms with van der Waals surface area (Å²) in [6.45, 7) is 1.86. The van der Waals surface area contributed by atoms with Crippen LogP contribution in [0.4, 0.5) is 0 Å². The summed E-state index contributed by atoms with van der Waals surface area (Å²) in [6.07, 6.45) is 2.27. The number of carbonyl (C=O) groups is 1. The average Bonchev–Trinajstić information content (AvgIpc) is 2.71. The van der Waals surface area contributed by atoms with E-state index >= 15 is 0 Å². The number of rotatable bonds is 2. The Kier molecular flexibility index (Phi) is 2.58. The minimum atomic E-state index is 0.575. The lowest BCUT2D eigenvalue weighted by Gasteiger charge is -1.99. The summed E-state index contributed by atoms with van der Waals surface area (Å²) in [5, 5.41) is 3.97. The first-order valence-electron chi connectivity index (χ1n) is 4.23. The van der Waals surface area contributed by atoms with Crippen LogP contribution in [0.2, 0.25) is 4.34 Å². The van der Waals surface area contributed by atoms with Crippen LogP contribution in [0.3, 0.4) is 0 Å². The maximum absolute atomic E-state index is 10.8. The summed E-state index contributed by atoms with van der Waals surface area (Å²) in [5.74, 6) is 0.682. The second kappa shape index (κ2) is 3.75. The van der Waals surface area contributed by atoms with Gasteiger partial charge in [0.2, 0.25) is 0 Å². The molecule has 0 aliphatic carbocycles. The zero-order valence-corrected chi connectivity index (χ0v) is 9.76. The molecule has 0 aromatic carbocycles. The summed E-state index contributed by atoms with van der Waals surface area (Å²) in [7, 11) is 1.79. The molecule has 4 nitrogen and oxygen atoms in total. The van der Waals surface area contributed by atoms with Gasteiger partial charge in [-0.05, 0) is 12.5 Å². The zero-order valence-electron chi connectivity index (χ0n) is 8.19. The van der Waals surface area contributed by atoms with E-state index in [9.17, 15) is 4.79 Å². The number of halogens is 1. The third kappa shape index (κ3) is 1.57. The molecule has 2 aromatic heterocycles. The van der Waals surface area contributed by atoms with Crippen molar-refractivity contribution in [3.8, 4) is 11.4 Å². The molecule has 6 heteroatoms. The van der Waals surface area contributed by atoms with Gasteiger partial charge in [-0.15, -0.1) is 11.3 Å². The molecular weight excluding hydrogens is 234 g/mol. The molecule has 0 unspecified atom stereocenters. The number of carbonyl (C=O) groups excluding carboxylic acids is 1. The SMILES string of the molecule is Cc1c(C=O)sc(Cl)c1-c1ncnn1C. The Morgan fingerprint density at radius 3 is 2.80 bits per heavy atom. The number of aromatic nitrogens is 3. The topological polar surface area (TPSA) is 47.8 Å². The van der Waals surface area contributed by atoms with Crippen molar-refractivity contribution >= 4 is 29.2 Å². The molecule has 0 saturated heterocycles. The Balaban J connectivity index is 2.68. The highest BCUT2D eigenvalue weighted by Gasteiger charge is 2.18. The molecule has 0 aliphatic rings. The fourth-order valence-corrected chi connectivity index (χ4v) is 2.70. The van der Waals surface area contributed by atoms with E-state index in [-0.39, 0.29) is 0 Å². The summed E-state index contributed by atoms with van der Waals surface area (Å²) in [6, 6.07) is 0. The Hall–Kier alpha value is -1.20. The van der Waals surface area contributed by atoms with Gasteiger partial charge in [-0.25, -0.2) is 9.67 Å². The van der Waals surface area contributed by atoms with Gasteiger partial charge < -0.3 is 0 Å². The average molecular weight is 242 g/mol. The van der Waals surface area contributed by atoms with Crippen molar-refractivity contribution in [1.29, 1.82) is 0 Å². The maximum Gasteiger partial charge on any atom is 0.160 e. The van der Waals surface area contributed by atoms with Crippen LogP contribution in [0.15, 0.2) is 6.33 Å². The second-order valence-electron chi connectivity index (χ2n) is 3.07. The van der Waals surface area contributed by atoms with Crippen molar-refractivity contribution in [1.82, 2.24) is 14.8 Å². The number of hydrogen-bond donors (Lipinski definition) is 0. The quantitative estimate of drug-likeness (QED) is 0.758. The number of aldehydes is 1. The van der Waals surface area contributed by atoms with E-state index in [4.69, 9.17) is 11.6 Å². The Labute approximate surface area is 95.5 Å². The summed E-state index contributed by atoms with van der Waals surface area (Å²) >= 11 is 7.34. The first-order chi connectivity index (χ1) is 7.15. The van der Waals surface area contributed by atoms with Crippen LogP contribution >= 0.6 is 22.9 Å². The summed E-state index contributed by atoms with van der Waals surface area (Å²) < 4.78 is 2.21. The number of hydrogen-bond acceptors (Lipinski definition) is 4. The molecule has 0 fully saturated rings. The van der Waals surface area contributed by atoms with Crippen molar-refractivity contribution in [3.63, 3.8) is 0 Å². The first-order valence-corrected chi connectivity index (χ1v) is 5.43. The Morgan fingerprint density at radius 1 is 1.60 bits per heavy atom. The molecule has 78 valence electrons. The lowest BCUT2D eigenvalue weighted by molar-refractivity contribution is 0.112. The van der Waals surface area contributed by atoms with Crippen LogP contribution in [0, 0.1) is 6.92 Å². The van der Waals surface area contributed by atoms with E-state index in [1.54, 1.807) is 11.7 Å². The van der Waals surface area contributed by atoms with Crippen LogP contribution in [0.1, 0.15) is 15.2 Å². The molecule has 0 N–H and O–H groups in total. The summed E-state index contributed by atoms with van der Waals surface area (Å²) in [4.78, 5) is 15.5. The second-order valence-corrected chi connectivity index (χ2v) is 4.72. The van der Waals surface area contributed by atoms with Gasteiger partial charge >= 0.3 is 0 Å². The third-order valence-corrected chi connectivity index (χ3v) is 3.61. The standard InChI is InChI=1S/C9H8ClN3OS/c1-5-6(3-14)15-8(10)7(5)9-11-4-12-13(9)2/h3-4H,1-2H3. The van der Waals surface area contributed by atoms with Crippen molar-refractivity contribution in [3.05, 3.63) is 21.1 Å². The fourth-order valence-electron chi connectivity index (χ4n) is 1.39. The normalized spacial score (nSPS) is 10.6. The van der Waals surface area contributed by atoms with Crippen LogP contribution in [-0.4, -0.2) is 21.1 Å². The van der Waals surface area contributed by atoms with Crippen molar-refractivity contribution in [2.45, 2.75) is 6.92 Å². The largest absolute Gasteiger partial charge is 0.297 e. The minimum Gasteiger partial charge on any atom is -0.297 e. The molecule has 2 heterocycles. The van der Waals surface area contributed by atoms with Gasteiger partial charge in [-0.3, -0.25) is 4.79 Å². The fraction of sp³-hybridized carbons (Fsp3) is 0.222. The van der Waals surface area contributed by atoms with E-state index < -0.39 is 0 Å². The lowest BCUT2D eigenvalue weighted by atomic mass is 10.1. The predicted octanol–water partition coefficient (Wildman–Crippen LogP) is 2.32. The molecule has 0 saturated carbocycles. The van der Waals surface area contributed by atoms with Gasteiger partial charge in [0.25, 0.3) is 0 Å². The van der Waals surface area contributed by atoms with Crippen molar-refractivity contribution in [2.75, 3.05) is 0 Å². The Morgan fingerprint density at radius 2 is 2.33 bits per heavy atom. The molecule has 0 aliphatic heterocycles. The maximum atomic E-state index is 10.8. The van der Waals surface area contributed by atoms with E-state index in [0.717, 1.165) is 17.4 Å². The molecule has 15 heavy (non-hydrogen) atoms. The molecule has 2 aromatic rings. The van der Waals surface area contributed by atoms with Crippen molar-refractivity contribution < 1.29 is 4.79 Å². The highest BCUT2D eigenvalue weighted by molar-refractivity contribution is 7.18. The molecular formula is C9H8ClN3OS. The van der Waals surface area contributed by atoms with Crippen LogP contribution < -0.4 is 0 Å². The summed E-state index contributed by atoms with van der Waals surface area (Å²) in [5.41, 5.74) is 1.65. The van der Waals surface area contributed by atoms with Gasteiger partial charge in [-0.1, -0.05) is 11.6 Å². The van der Waals surface area contributed by atoms with Gasteiger partial charge in [0.15, 0.2) is 12.1 Å². The predicted molar refractivity (Wildman–Crippen MR) is 59.5 cm³/mol. The van der Waals surface area contributed by atoms with E-state index in [1.807, 2.05) is 6.92 Å². The highest BCUT2D eigenvalue weighted by atomic mass is 35.5. The molecule has 2 rings (SSSR count). The molecule has 0 atom stereocenters. The number of thiophene rings is 1. The zero-order chi connectivity index (χ0) is 11.0. The first kappa shape index (κ1) is 10.3. The van der Waals surface area contributed by atoms with Crippen molar-refractivity contribution in [2.24, 2.45) is 7.05 Å². The van der Waals surface area contributed by atoms with Gasteiger partial charge in [0.05, 0.1) is 10.4 Å².